The lowest BCUT2D eigenvalue weighted by atomic mass is 9.92. The van der Waals surface area contributed by atoms with E-state index >= 15 is 0 Å². The van der Waals surface area contributed by atoms with Gasteiger partial charge in [-0.1, -0.05) is 0 Å². The normalized spacial score (nSPS) is 10.8. The highest BCUT2D eigenvalue weighted by molar-refractivity contribution is 5.83. The zero-order chi connectivity index (χ0) is 13.5. The van der Waals surface area contributed by atoms with Crippen LogP contribution in [0.4, 0.5) is 0 Å². The molecule has 0 aliphatic carbocycles. The van der Waals surface area contributed by atoms with Crippen molar-refractivity contribution >= 4 is 17.8 Å². The Hall–Kier alpha value is -1.59. The van der Waals surface area contributed by atoms with Crippen LogP contribution < -0.4 is 10.6 Å². The van der Waals surface area contributed by atoms with Crippen LogP contribution in [0.2, 0.25) is 0 Å². The van der Waals surface area contributed by atoms with E-state index in [9.17, 15) is 14.4 Å². The zero-order valence-electron chi connectivity index (χ0n) is 10.5. The monoisotopic (exact) mass is 244 g/mol. The Balaban J connectivity index is 3.91. The van der Waals surface area contributed by atoms with E-state index in [0.717, 1.165) is 0 Å². The average molecular weight is 244 g/mol. The van der Waals surface area contributed by atoms with Crippen LogP contribution in [0.5, 0.6) is 0 Å². The van der Waals surface area contributed by atoms with Crippen LogP contribution in [0.3, 0.4) is 0 Å². The lowest BCUT2D eigenvalue weighted by molar-refractivity contribution is -0.137. The molecule has 6 nitrogen and oxygen atoms in total. The molecule has 2 amide bonds. The second kappa shape index (κ2) is 6.88. The maximum absolute atomic E-state index is 11.4. The lowest BCUT2D eigenvalue weighted by Crippen LogP contribution is -2.43. The maximum Gasteiger partial charge on any atom is 0.303 e. The number of hydrogen-bond acceptors (Lipinski definition) is 3. The van der Waals surface area contributed by atoms with Crippen LogP contribution in [0, 0.1) is 5.41 Å². The molecule has 0 atom stereocenters. The first-order valence-corrected chi connectivity index (χ1v) is 5.50. The molecule has 0 aliphatic heterocycles. The molecule has 0 fully saturated rings. The summed E-state index contributed by atoms with van der Waals surface area (Å²) < 4.78 is 0. The molecule has 0 heterocycles. The zero-order valence-corrected chi connectivity index (χ0v) is 10.5. The van der Waals surface area contributed by atoms with Crippen molar-refractivity contribution < 1.29 is 19.5 Å². The molecule has 0 unspecified atom stereocenters. The van der Waals surface area contributed by atoms with Crippen molar-refractivity contribution in [3.05, 3.63) is 0 Å². The van der Waals surface area contributed by atoms with E-state index in [0.29, 0.717) is 6.42 Å². The summed E-state index contributed by atoms with van der Waals surface area (Å²) in [6.07, 6.45) is 0.448. The standard InChI is InChI=1S/C11H20N2O4/c1-11(2,10(17)12-3)7-13-8(14)5-4-6-9(15)16/h4-7H2,1-3H3,(H,12,17)(H,13,14)(H,15,16). The van der Waals surface area contributed by atoms with Crippen molar-refractivity contribution in [1.29, 1.82) is 0 Å². The number of amides is 2. The first-order valence-electron chi connectivity index (χ1n) is 5.50. The van der Waals surface area contributed by atoms with Gasteiger partial charge in [0.05, 0.1) is 5.41 Å². The predicted octanol–water partition coefficient (Wildman–Crippen LogP) is 0.130. The topological polar surface area (TPSA) is 95.5 Å². The molecule has 3 N–H and O–H groups in total. The molecule has 98 valence electrons. The third-order valence-electron chi connectivity index (χ3n) is 2.36. The number of aliphatic carboxylic acids is 1. The van der Waals surface area contributed by atoms with Crippen molar-refractivity contribution in [2.75, 3.05) is 13.6 Å². The third-order valence-corrected chi connectivity index (χ3v) is 2.36. The summed E-state index contributed by atoms with van der Waals surface area (Å²) in [4.78, 5) is 33.0. The minimum Gasteiger partial charge on any atom is -0.481 e. The minimum atomic E-state index is -0.913. The van der Waals surface area contributed by atoms with Gasteiger partial charge in [0.1, 0.15) is 0 Å². The molecule has 6 heteroatoms. The fourth-order valence-electron chi connectivity index (χ4n) is 1.23. The van der Waals surface area contributed by atoms with Crippen molar-refractivity contribution in [3.8, 4) is 0 Å². The Labute approximate surface area is 101 Å². The number of carbonyl (C=O) groups is 3. The highest BCUT2D eigenvalue weighted by Crippen LogP contribution is 2.13. The number of carboxylic acid groups (broad SMARTS) is 1. The van der Waals surface area contributed by atoms with Gasteiger partial charge in [-0.2, -0.15) is 0 Å². The molecule has 0 bridgehead atoms. The molecule has 0 spiro atoms. The average Bonchev–Trinajstić information content (AvgIpc) is 2.24. The summed E-state index contributed by atoms with van der Waals surface area (Å²) in [6, 6.07) is 0. The van der Waals surface area contributed by atoms with E-state index in [-0.39, 0.29) is 31.2 Å². The van der Waals surface area contributed by atoms with Gasteiger partial charge in [-0.3, -0.25) is 14.4 Å². The van der Waals surface area contributed by atoms with Gasteiger partial charge >= 0.3 is 5.97 Å². The number of hydrogen-bond donors (Lipinski definition) is 3. The largest absolute Gasteiger partial charge is 0.481 e. The number of rotatable bonds is 7. The SMILES string of the molecule is CNC(=O)C(C)(C)CNC(=O)CCCC(=O)O. The second-order valence-electron chi connectivity index (χ2n) is 4.49. The quantitative estimate of drug-likeness (QED) is 0.593. The molecule has 0 aromatic rings. The summed E-state index contributed by atoms with van der Waals surface area (Å²) in [7, 11) is 1.54. The fourth-order valence-corrected chi connectivity index (χ4v) is 1.23. The van der Waals surface area contributed by atoms with Crippen molar-refractivity contribution in [2.45, 2.75) is 33.1 Å². The molecule has 0 aromatic heterocycles. The Kier molecular flexibility index (Phi) is 6.23. The highest BCUT2D eigenvalue weighted by Gasteiger charge is 2.26. The summed E-state index contributed by atoms with van der Waals surface area (Å²) in [5.74, 6) is -1.30. The van der Waals surface area contributed by atoms with Crippen LogP contribution >= 0.6 is 0 Å². The Morgan fingerprint density at radius 2 is 1.76 bits per heavy atom. The van der Waals surface area contributed by atoms with Crippen LogP contribution in [0.25, 0.3) is 0 Å². The van der Waals surface area contributed by atoms with Crippen LogP contribution in [0.15, 0.2) is 0 Å². The first kappa shape index (κ1) is 15.4. The Morgan fingerprint density at radius 3 is 2.24 bits per heavy atom. The predicted molar refractivity (Wildman–Crippen MR) is 62.3 cm³/mol. The molecular formula is C11H20N2O4. The summed E-state index contributed by atoms with van der Waals surface area (Å²) >= 11 is 0. The van der Waals surface area contributed by atoms with Crippen LogP contribution in [0.1, 0.15) is 33.1 Å². The van der Waals surface area contributed by atoms with Crippen molar-refractivity contribution in [1.82, 2.24) is 10.6 Å². The molecule has 0 saturated carbocycles. The molecule has 0 aliphatic rings. The van der Waals surface area contributed by atoms with E-state index in [2.05, 4.69) is 10.6 Å². The van der Waals surface area contributed by atoms with Gasteiger partial charge in [0.25, 0.3) is 0 Å². The molecule has 0 saturated heterocycles. The summed E-state index contributed by atoms with van der Waals surface area (Å²) in [6.45, 7) is 3.69. The second-order valence-corrected chi connectivity index (χ2v) is 4.49. The smallest absolute Gasteiger partial charge is 0.303 e. The van der Waals surface area contributed by atoms with Crippen LogP contribution in [-0.2, 0) is 14.4 Å². The maximum atomic E-state index is 11.4. The minimum absolute atomic E-state index is 0.0216. The van der Waals surface area contributed by atoms with Crippen LogP contribution in [-0.4, -0.2) is 36.5 Å². The number of nitrogens with one attached hydrogen (secondary N) is 2. The van der Waals surface area contributed by atoms with Gasteiger partial charge in [-0.25, -0.2) is 0 Å². The van der Waals surface area contributed by atoms with E-state index in [1.807, 2.05) is 0 Å². The molecule has 17 heavy (non-hydrogen) atoms. The van der Waals surface area contributed by atoms with Gasteiger partial charge in [0.15, 0.2) is 0 Å². The molecule has 0 radical (unpaired) electrons. The highest BCUT2D eigenvalue weighted by atomic mass is 16.4. The van der Waals surface area contributed by atoms with Gasteiger partial charge < -0.3 is 15.7 Å². The third kappa shape index (κ3) is 6.55. The van der Waals surface area contributed by atoms with Gasteiger partial charge in [-0.15, -0.1) is 0 Å². The van der Waals surface area contributed by atoms with Gasteiger partial charge in [0.2, 0.25) is 11.8 Å². The van der Waals surface area contributed by atoms with E-state index in [4.69, 9.17) is 5.11 Å². The van der Waals surface area contributed by atoms with Crippen molar-refractivity contribution in [2.24, 2.45) is 5.41 Å². The first-order chi connectivity index (χ1) is 7.79. The fraction of sp³-hybridized carbons (Fsp3) is 0.727. The van der Waals surface area contributed by atoms with Crippen molar-refractivity contribution in [3.63, 3.8) is 0 Å². The summed E-state index contributed by atoms with van der Waals surface area (Å²) in [5.41, 5.74) is -0.669. The molecule has 0 rings (SSSR count). The van der Waals surface area contributed by atoms with Gasteiger partial charge in [0, 0.05) is 26.4 Å². The van der Waals surface area contributed by atoms with E-state index < -0.39 is 11.4 Å². The number of carboxylic acids is 1. The number of carbonyl (C=O) groups excluding carboxylic acids is 2. The Morgan fingerprint density at radius 1 is 1.18 bits per heavy atom. The van der Waals surface area contributed by atoms with E-state index in [1.165, 1.54) is 0 Å². The molecular weight excluding hydrogens is 224 g/mol. The summed E-state index contributed by atoms with van der Waals surface area (Å²) in [5, 5.41) is 13.5. The lowest BCUT2D eigenvalue weighted by Gasteiger charge is -2.22. The van der Waals surface area contributed by atoms with E-state index in [1.54, 1.807) is 20.9 Å². The Bertz CT molecular complexity index is 300. The molecule has 0 aromatic carbocycles. The van der Waals surface area contributed by atoms with Gasteiger partial charge in [-0.05, 0) is 20.3 Å².